The van der Waals surface area contributed by atoms with E-state index >= 15 is 0 Å². The first-order valence-electron chi connectivity index (χ1n) is 5.66. The van der Waals surface area contributed by atoms with E-state index in [1.165, 1.54) is 25.7 Å². The maximum atomic E-state index is 5.64. The highest BCUT2D eigenvalue weighted by Crippen LogP contribution is 2.21. The van der Waals surface area contributed by atoms with Gasteiger partial charge in [-0.15, -0.1) is 0 Å². The third kappa shape index (κ3) is 2.96. The molecule has 0 bridgehead atoms. The molecule has 1 fully saturated rings. The van der Waals surface area contributed by atoms with E-state index in [2.05, 4.69) is 0 Å². The summed E-state index contributed by atoms with van der Waals surface area (Å²) in [5.41, 5.74) is 1.16. The molecule has 0 radical (unpaired) electrons. The molecule has 15 heavy (non-hydrogen) atoms. The minimum absolute atomic E-state index is 0.384. The van der Waals surface area contributed by atoms with E-state index in [0.717, 1.165) is 11.3 Å². The van der Waals surface area contributed by atoms with Crippen molar-refractivity contribution in [1.29, 1.82) is 0 Å². The highest BCUT2D eigenvalue weighted by atomic mass is 16.7. The van der Waals surface area contributed by atoms with Gasteiger partial charge in [0.15, 0.2) is 6.79 Å². The van der Waals surface area contributed by atoms with E-state index in [1.54, 1.807) is 0 Å². The summed E-state index contributed by atoms with van der Waals surface area (Å²) < 4.78 is 11.2. The monoisotopic (exact) mass is 206 g/mol. The van der Waals surface area contributed by atoms with Crippen LogP contribution >= 0.6 is 0 Å². The fourth-order valence-corrected chi connectivity index (χ4v) is 1.97. The van der Waals surface area contributed by atoms with Crippen molar-refractivity contribution in [2.24, 2.45) is 0 Å². The third-order valence-electron chi connectivity index (χ3n) is 2.91. The van der Waals surface area contributed by atoms with Gasteiger partial charge in [-0.1, -0.05) is 31.0 Å². The number of ether oxygens (including phenoxy) is 2. The Morgan fingerprint density at radius 1 is 1.20 bits per heavy atom. The molecule has 0 aliphatic heterocycles. The van der Waals surface area contributed by atoms with E-state index in [0.29, 0.717) is 12.9 Å². The summed E-state index contributed by atoms with van der Waals surface area (Å²) in [5, 5.41) is 0. The molecule has 0 saturated heterocycles. The van der Waals surface area contributed by atoms with Crippen LogP contribution in [0.25, 0.3) is 0 Å². The van der Waals surface area contributed by atoms with Crippen molar-refractivity contribution in [2.45, 2.75) is 38.7 Å². The molecule has 1 aliphatic carbocycles. The lowest BCUT2D eigenvalue weighted by Gasteiger charge is -2.13. The Balaban J connectivity index is 1.75. The zero-order valence-electron chi connectivity index (χ0n) is 9.24. The molecule has 2 nitrogen and oxygen atoms in total. The zero-order valence-corrected chi connectivity index (χ0v) is 9.24. The lowest BCUT2D eigenvalue weighted by molar-refractivity contribution is -0.0327. The first-order chi connectivity index (χ1) is 7.36. The molecule has 1 saturated carbocycles. The molecule has 0 N–H and O–H groups in total. The topological polar surface area (TPSA) is 18.5 Å². The van der Waals surface area contributed by atoms with E-state index < -0.39 is 0 Å². The molecule has 0 heterocycles. The summed E-state index contributed by atoms with van der Waals surface area (Å²) in [6.07, 6.45) is 5.41. The van der Waals surface area contributed by atoms with Gasteiger partial charge in [-0.2, -0.15) is 0 Å². The largest absolute Gasteiger partial charge is 0.467 e. The third-order valence-corrected chi connectivity index (χ3v) is 2.91. The number of para-hydroxylation sites is 1. The first kappa shape index (κ1) is 10.5. The zero-order chi connectivity index (χ0) is 10.5. The number of rotatable bonds is 4. The standard InChI is InChI=1S/C13H18O2/c1-11-6-2-5-9-13(11)15-10-14-12-7-3-4-8-12/h2,5-6,9,12H,3-4,7-8,10H2,1H3. The Hall–Kier alpha value is -1.02. The van der Waals surface area contributed by atoms with Gasteiger partial charge in [-0.25, -0.2) is 0 Å². The lowest BCUT2D eigenvalue weighted by atomic mass is 10.2. The summed E-state index contributed by atoms with van der Waals surface area (Å²) in [6, 6.07) is 8.02. The van der Waals surface area contributed by atoms with Gasteiger partial charge in [0.2, 0.25) is 0 Å². The smallest absolute Gasteiger partial charge is 0.189 e. The Morgan fingerprint density at radius 3 is 2.67 bits per heavy atom. The normalized spacial score (nSPS) is 16.9. The molecule has 1 aromatic carbocycles. The van der Waals surface area contributed by atoms with E-state index in [9.17, 15) is 0 Å². The quantitative estimate of drug-likeness (QED) is 0.704. The Kier molecular flexibility index (Phi) is 3.62. The van der Waals surface area contributed by atoms with Crippen LogP contribution in [-0.2, 0) is 4.74 Å². The Morgan fingerprint density at radius 2 is 1.93 bits per heavy atom. The Bertz CT molecular complexity index is 303. The molecular weight excluding hydrogens is 188 g/mol. The van der Waals surface area contributed by atoms with Crippen LogP contribution in [0.5, 0.6) is 5.75 Å². The van der Waals surface area contributed by atoms with Crippen LogP contribution in [0.4, 0.5) is 0 Å². The van der Waals surface area contributed by atoms with Crippen LogP contribution < -0.4 is 4.74 Å². The Labute approximate surface area is 91.2 Å². The molecule has 0 unspecified atom stereocenters. The fraction of sp³-hybridized carbons (Fsp3) is 0.538. The van der Waals surface area contributed by atoms with Gasteiger partial charge in [-0.3, -0.25) is 0 Å². The molecular formula is C13H18O2. The lowest BCUT2D eigenvalue weighted by Crippen LogP contribution is -2.12. The maximum absolute atomic E-state index is 5.64. The predicted molar refractivity (Wildman–Crippen MR) is 60.0 cm³/mol. The van der Waals surface area contributed by atoms with Gasteiger partial charge in [0.05, 0.1) is 6.10 Å². The number of aryl methyl sites for hydroxylation is 1. The number of hydrogen-bond acceptors (Lipinski definition) is 2. The fourth-order valence-electron chi connectivity index (χ4n) is 1.97. The van der Waals surface area contributed by atoms with E-state index in [4.69, 9.17) is 9.47 Å². The van der Waals surface area contributed by atoms with Crippen molar-refractivity contribution < 1.29 is 9.47 Å². The van der Waals surface area contributed by atoms with Gasteiger partial charge in [0.1, 0.15) is 5.75 Å². The van der Waals surface area contributed by atoms with E-state index in [-0.39, 0.29) is 0 Å². The molecule has 0 spiro atoms. The van der Waals surface area contributed by atoms with Crippen molar-refractivity contribution in [3.63, 3.8) is 0 Å². The second-order valence-corrected chi connectivity index (χ2v) is 4.10. The van der Waals surface area contributed by atoms with Crippen LogP contribution in [0.15, 0.2) is 24.3 Å². The molecule has 2 rings (SSSR count). The van der Waals surface area contributed by atoms with Gasteiger partial charge in [0, 0.05) is 0 Å². The molecule has 2 heteroatoms. The maximum Gasteiger partial charge on any atom is 0.189 e. The summed E-state index contributed by atoms with van der Waals surface area (Å²) in [4.78, 5) is 0. The summed E-state index contributed by atoms with van der Waals surface area (Å²) in [7, 11) is 0. The SMILES string of the molecule is Cc1ccccc1OCOC1CCCC1. The van der Waals surface area contributed by atoms with Crippen LogP contribution in [0.1, 0.15) is 31.2 Å². The minimum Gasteiger partial charge on any atom is -0.467 e. The second-order valence-electron chi connectivity index (χ2n) is 4.10. The van der Waals surface area contributed by atoms with Crippen molar-refractivity contribution in [1.82, 2.24) is 0 Å². The van der Waals surface area contributed by atoms with Gasteiger partial charge >= 0.3 is 0 Å². The first-order valence-corrected chi connectivity index (χ1v) is 5.66. The predicted octanol–water partition coefficient (Wildman–Crippen LogP) is 3.29. The molecule has 0 atom stereocenters. The van der Waals surface area contributed by atoms with Crippen LogP contribution in [0.3, 0.4) is 0 Å². The average Bonchev–Trinajstić information content (AvgIpc) is 2.74. The van der Waals surface area contributed by atoms with Gasteiger partial charge < -0.3 is 9.47 Å². The van der Waals surface area contributed by atoms with Gasteiger partial charge in [-0.05, 0) is 31.4 Å². The van der Waals surface area contributed by atoms with Crippen LogP contribution in [0.2, 0.25) is 0 Å². The van der Waals surface area contributed by atoms with Crippen molar-refractivity contribution in [3.8, 4) is 5.75 Å². The molecule has 0 amide bonds. The summed E-state index contributed by atoms with van der Waals surface area (Å²) >= 11 is 0. The van der Waals surface area contributed by atoms with E-state index in [1.807, 2.05) is 31.2 Å². The minimum atomic E-state index is 0.384. The summed E-state index contributed by atoms with van der Waals surface area (Å²) in [6.45, 7) is 2.43. The molecule has 0 aromatic heterocycles. The van der Waals surface area contributed by atoms with Crippen LogP contribution in [0, 0.1) is 6.92 Å². The van der Waals surface area contributed by atoms with Crippen molar-refractivity contribution in [2.75, 3.05) is 6.79 Å². The van der Waals surface area contributed by atoms with Crippen molar-refractivity contribution >= 4 is 0 Å². The number of hydrogen-bond donors (Lipinski definition) is 0. The highest BCUT2D eigenvalue weighted by Gasteiger charge is 2.15. The highest BCUT2D eigenvalue weighted by molar-refractivity contribution is 5.31. The second kappa shape index (κ2) is 5.17. The van der Waals surface area contributed by atoms with Crippen LogP contribution in [-0.4, -0.2) is 12.9 Å². The molecule has 82 valence electrons. The molecule has 1 aliphatic rings. The van der Waals surface area contributed by atoms with Gasteiger partial charge in [0.25, 0.3) is 0 Å². The average molecular weight is 206 g/mol. The molecule has 1 aromatic rings. The number of benzene rings is 1. The van der Waals surface area contributed by atoms with Crippen molar-refractivity contribution in [3.05, 3.63) is 29.8 Å². The summed E-state index contributed by atoms with van der Waals surface area (Å²) in [5.74, 6) is 0.926.